The van der Waals surface area contributed by atoms with Crippen molar-refractivity contribution in [3.63, 3.8) is 0 Å². The lowest BCUT2D eigenvalue weighted by atomic mass is 10.0. The van der Waals surface area contributed by atoms with Gasteiger partial charge in [-0.1, -0.05) is 31.5 Å². The smallest absolute Gasteiger partial charge is 0.264 e. The second-order valence-electron chi connectivity index (χ2n) is 6.18. The summed E-state index contributed by atoms with van der Waals surface area (Å²) < 4.78 is 27.6. The van der Waals surface area contributed by atoms with Gasteiger partial charge in [0.25, 0.3) is 10.0 Å². The number of rotatable bonds is 3. The van der Waals surface area contributed by atoms with Gasteiger partial charge in [0.1, 0.15) is 0 Å². The summed E-state index contributed by atoms with van der Waals surface area (Å²) in [5.41, 5.74) is 1.53. The third-order valence-electron chi connectivity index (χ3n) is 4.22. The molecule has 0 saturated carbocycles. The molecule has 0 amide bonds. The van der Waals surface area contributed by atoms with Gasteiger partial charge < -0.3 is 4.90 Å². The van der Waals surface area contributed by atoms with Gasteiger partial charge in [-0.05, 0) is 35.7 Å². The average molecular weight is 366 g/mol. The first-order valence-electron chi connectivity index (χ1n) is 7.80. The topological polar surface area (TPSA) is 53.5 Å². The van der Waals surface area contributed by atoms with Crippen molar-refractivity contribution in [3.8, 4) is 0 Å². The van der Waals surface area contributed by atoms with E-state index in [0.717, 1.165) is 5.56 Å². The highest BCUT2D eigenvalue weighted by atomic mass is 35.5. The van der Waals surface area contributed by atoms with Crippen molar-refractivity contribution in [2.24, 2.45) is 0 Å². The zero-order valence-electron chi connectivity index (χ0n) is 13.9. The highest BCUT2D eigenvalue weighted by Crippen LogP contribution is 2.35. The quantitative estimate of drug-likeness (QED) is 0.835. The zero-order chi connectivity index (χ0) is 17.5. The molecule has 3 rings (SSSR count). The van der Waals surface area contributed by atoms with E-state index in [0.29, 0.717) is 29.6 Å². The summed E-state index contributed by atoms with van der Waals surface area (Å²) in [7, 11) is -1.77. The Kier molecular flexibility index (Phi) is 4.44. The van der Waals surface area contributed by atoms with E-state index in [2.05, 4.69) is 4.98 Å². The fourth-order valence-corrected chi connectivity index (χ4v) is 4.81. The molecule has 0 N–H and O–H groups in total. The molecule has 2 heterocycles. The molecule has 0 spiro atoms. The molecular weight excluding hydrogens is 346 g/mol. The van der Waals surface area contributed by atoms with Gasteiger partial charge in [-0.25, -0.2) is 13.4 Å². The minimum atomic E-state index is -3.68. The van der Waals surface area contributed by atoms with E-state index in [9.17, 15) is 8.42 Å². The van der Waals surface area contributed by atoms with Crippen LogP contribution in [0.4, 0.5) is 11.5 Å². The van der Waals surface area contributed by atoms with E-state index in [1.807, 2.05) is 25.8 Å². The predicted molar refractivity (Wildman–Crippen MR) is 97.6 cm³/mol. The summed E-state index contributed by atoms with van der Waals surface area (Å²) in [6, 6.07) is 8.49. The lowest BCUT2D eigenvalue weighted by Gasteiger charge is -2.35. The molecule has 1 aliphatic heterocycles. The van der Waals surface area contributed by atoms with Gasteiger partial charge in [0, 0.05) is 24.8 Å². The third kappa shape index (κ3) is 2.84. The molecule has 24 heavy (non-hydrogen) atoms. The van der Waals surface area contributed by atoms with Crippen LogP contribution in [0, 0.1) is 0 Å². The number of nitrogens with zero attached hydrogens (tertiary/aromatic N) is 3. The van der Waals surface area contributed by atoms with Crippen LogP contribution in [0.25, 0.3) is 0 Å². The van der Waals surface area contributed by atoms with Crippen LogP contribution in [0.15, 0.2) is 41.4 Å². The SMILES string of the molecule is CC(C)c1ccc(S(=O)(=O)N2CCN(C)c3ncccc32)cc1Cl. The second-order valence-corrected chi connectivity index (χ2v) is 8.45. The second kappa shape index (κ2) is 6.26. The van der Waals surface area contributed by atoms with Crippen LogP contribution >= 0.6 is 11.6 Å². The van der Waals surface area contributed by atoms with E-state index in [-0.39, 0.29) is 10.8 Å². The molecule has 0 radical (unpaired) electrons. The summed E-state index contributed by atoms with van der Waals surface area (Å²) in [6.45, 7) is 5.01. The van der Waals surface area contributed by atoms with Crippen LogP contribution < -0.4 is 9.21 Å². The number of pyridine rings is 1. The van der Waals surface area contributed by atoms with Gasteiger partial charge in [0.2, 0.25) is 0 Å². The summed E-state index contributed by atoms with van der Waals surface area (Å²) in [5.74, 6) is 0.903. The minimum absolute atomic E-state index is 0.205. The first-order valence-corrected chi connectivity index (χ1v) is 9.62. The fourth-order valence-electron chi connectivity index (χ4n) is 2.86. The van der Waals surface area contributed by atoms with Gasteiger partial charge in [0.05, 0.1) is 17.1 Å². The van der Waals surface area contributed by atoms with Crippen LogP contribution in [-0.2, 0) is 10.0 Å². The molecule has 1 aromatic carbocycles. The fraction of sp³-hybridized carbons (Fsp3) is 0.353. The van der Waals surface area contributed by atoms with Crippen LogP contribution in [0.5, 0.6) is 0 Å². The Labute approximate surface area is 147 Å². The number of hydrogen-bond donors (Lipinski definition) is 0. The molecule has 2 aromatic rings. The summed E-state index contributed by atoms with van der Waals surface area (Å²) >= 11 is 6.29. The number of benzene rings is 1. The van der Waals surface area contributed by atoms with Crippen molar-refractivity contribution in [2.45, 2.75) is 24.7 Å². The standard InChI is InChI=1S/C17H20ClN3O2S/c1-12(2)14-7-6-13(11-15(14)18)24(22,23)21-10-9-20(3)17-16(21)5-4-8-19-17/h4-8,11-12H,9-10H2,1-3H3. The van der Waals surface area contributed by atoms with E-state index in [1.165, 1.54) is 4.31 Å². The Morgan fingerprint density at radius 2 is 1.96 bits per heavy atom. The van der Waals surface area contributed by atoms with Gasteiger partial charge in [-0.15, -0.1) is 0 Å². The number of anilines is 2. The molecule has 0 bridgehead atoms. The Morgan fingerprint density at radius 3 is 2.62 bits per heavy atom. The first kappa shape index (κ1) is 17.0. The van der Waals surface area contributed by atoms with Crippen LogP contribution in [0.1, 0.15) is 25.3 Å². The number of hydrogen-bond acceptors (Lipinski definition) is 4. The van der Waals surface area contributed by atoms with Gasteiger partial charge in [0.15, 0.2) is 5.82 Å². The molecule has 0 saturated heterocycles. The number of fused-ring (bicyclic) bond motifs is 1. The van der Waals surface area contributed by atoms with Crippen molar-refractivity contribution in [2.75, 3.05) is 29.3 Å². The van der Waals surface area contributed by atoms with Crippen molar-refractivity contribution < 1.29 is 8.42 Å². The third-order valence-corrected chi connectivity index (χ3v) is 6.35. The molecule has 7 heteroatoms. The normalized spacial score (nSPS) is 14.9. The molecule has 0 fully saturated rings. The number of likely N-dealkylation sites (N-methyl/N-ethyl adjacent to an activating group) is 1. The highest BCUT2D eigenvalue weighted by Gasteiger charge is 2.31. The zero-order valence-corrected chi connectivity index (χ0v) is 15.5. The Hall–Kier alpha value is -1.79. The van der Waals surface area contributed by atoms with E-state index in [4.69, 9.17) is 11.6 Å². The van der Waals surface area contributed by atoms with Crippen molar-refractivity contribution >= 4 is 33.1 Å². The Morgan fingerprint density at radius 1 is 1.21 bits per heavy atom. The van der Waals surface area contributed by atoms with Crippen molar-refractivity contribution in [1.29, 1.82) is 0 Å². The summed E-state index contributed by atoms with van der Waals surface area (Å²) in [5, 5.41) is 0.478. The number of halogens is 1. The maximum absolute atomic E-state index is 13.1. The molecule has 1 aliphatic rings. The lowest BCUT2D eigenvalue weighted by Crippen LogP contribution is -2.43. The molecule has 0 aliphatic carbocycles. The van der Waals surface area contributed by atoms with Crippen LogP contribution in [-0.4, -0.2) is 33.5 Å². The Bertz CT molecular complexity index is 868. The highest BCUT2D eigenvalue weighted by molar-refractivity contribution is 7.92. The molecule has 0 unspecified atom stereocenters. The molecule has 0 atom stereocenters. The number of sulfonamides is 1. The first-order chi connectivity index (χ1) is 11.3. The minimum Gasteiger partial charge on any atom is -0.356 e. The maximum Gasteiger partial charge on any atom is 0.264 e. The van der Waals surface area contributed by atoms with Gasteiger partial charge >= 0.3 is 0 Å². The van der Waals surface area contributed by atoms with E-state index >= 15 is 0 Å². The van der Waals surface area contributed by atoms with E-state index < -0.39 is 10.0 Å². The summed E-state index contributed by atoms with van der Waals surface area (Å²) in [4.78, 5) is 6.47. The molecule has 128 valence electrons. The lowest BCUT2D eigenvalue weighted by molar-refractivity contribution is 0.589. The van der Waals surface area contributed by atoms with E-state index in [1.54, 1.807) is 36.5 Å². The van der Waals surface area contributed by atoms with Crippen molar-refractivity contribution in [3.05, 3.63) is 47.1 Å². The van der Waals surface area contributed by atoms with Gasteiger partial charge in [-0.2, -0.15) is 0 Å². The molecule has 5 nitrogen and oxygen atoms in total. The number of aromatic nitrogens is 1. The molecular formula is C17H20ClN3O2S. The summed E-state index contributed by atoms with van der Waals surface area (Å²) in [6.07, 6.45) is 1.67. The Balaban J connectivity index is 2.06. The van der Waals surface area contributed by atoms with Gasteiger partial charge in [-0.3, -0.25) is 4.31 Å². The van der Waals surface area contributed by atoms with Crippen molar-refractivity contribution in [1.82, 2.24) is 4.98 Å². The average Bonchev–Trinajstić information content (AvgIpc) is 2.54. The van der Waals surface area contributed by atoms with Crippen LogP contribution in [0.2, 0.25) is 5.02 Å². The monoisotopic (exact) mass is 365 g/mol. The molecule has 1 aromatic heterocycles. The largest absolute Gasteiger partial charge is 0.356 e. The van der Waals surface area contributed by atoms with Crippen LogP contribution in [0.3, 0.4) is 0 Å². The predicted octanol–water partition coefficient (Wildman–Crippen LogP) is 3.50. The maximum atomic E-state index is 13.1.